The highest BCUT2D eigenvalue weighted by atomic mass is 16.6. The first-order chi connectivity index (χ1) is 8.79. The summed E-state index contributed by atoms with van der Waals surface area (Å²) >= 11 is 0. The van der Waals surface area contributed by atoms with Crippen LogP contribution in [-0.2, 0) is 0 Å². The topological polar surface area (TPSA) is 29.5 Å². The lowest BCUT2D eigenvalue weighted by Crippen LogP contribution is -2.30. The first kappa shape index (κ1) is 13.4. The molecule has 1 atom stereocenters. The molecule has 1 aromatic carbocycles. The van der Waals surface area contributed by atoms with Gasteiger partial charge in [-0.2, -0.15) is 0 Å². The van der Waals surface area contributed by atoms with Crippen molar-refractivity contribution in [2.45, 2.75) is 51.7 Å². The fourth-order valence-corrected chi connectivity index (χ4v) is 2.91. The van der Waals surface area contributed by atoms with E-state index in [1.807, 2.05) is 30.3 Å². The quantitative estimate of drug-likeness (QED) is 0.798. The van der Waals surface area contributed by atoms with Crippen LogP contribution in [0.3, 0.4) is 0 Å². The molecule has 2 rings (SSSR count). The van der Waals surface area contributed by atoms with Gasteiger partial charge in [0.1, 0.15) is 5.75 Å². The molecule has 0 saturated heterocycles. The van der Waals surface area contributed by atoms with E-state index in [0.29, 0.717) is 5.92 Å². The SMILES string of the molecule is CCCC1CCC(C(O)Oc2ccccc2)CC1. The summed E-state index contributed by atoms with van der Waals surface area (Å²) in [5.41, 5.74) is 0. The number of hydrogen-bond acceptors (Lipinski definition) is 2. The largest absolute Gasteiger partial charge is 0.465 e. The Kier molecular flexibility index (Phi) is 5.06. The zero-order chi connectivity index (χ0) is 12.8. The minimum absolute atomic E-state index is 0.304. The lowest BCUT2D eigenvalue weighted by atomic mass is 9.80. The zero-order valence-corrected chi connectivity index (χ0v) is 11.2. The van der Waals surface area contributed by atoms with Crippen LogP contribution in [-0.4, -0.2) is 11.4 Å². The van der Waals surface area contributed by atoms with Gasteiger partial charge < -0.3 is 9.84 Å². The zero-order valence-electron chi connectivity index (χ0n) is 11.2. The summed E-state index contributed by atoms with van der Waals surface area (Å²) in [4.78, 5) is 0. The smallest absolute Gasteiger partial charge is 0.200 e. The Morgan fingerprint density at radius 3 is 2.44 bits per heavy atom. The summed E-state index contributed by atoms with van der Waals surface area (Å²) in [6, 6.07) is 9.60. The molecular weight excluding hydrogens is 224 g/mol. The van der Waals surface area contributed by atoms with Crippen LogP contribution < -0.4 is 4.74 Å². The third-order valence-electron chi connectivity index (χ3n) is 3.99. The van der Waals surface area contributed by atoms with Crippen LogP contribution >= 0.6 is 0 Å². The lowest BCUT2D eigenvalue weighted by Gasteiger charge is -2.31. The van der Waals surface area contributed by atoms with Crippen molar-refractivity contribution in [2.24, 2.45) is 11.8 Å². The van der Waals surface area contributed by atoms with Crippen LogP contribution in [0.15, 0.2) is 30.3 Å². The summed E-state index contributed by atoms with van der Waals surface area (Å²) in [5.74, 6) is 1.94. The maximum atomic E-state index is 10.1. The Morgan fingerprint density at radius 2 is 1.83 bits per heavy atom. The van der Waals surface area contributed by atoms with Crippen molar-refractivity contribution in [1.82, 2.24) is 0 Å². The molecule has 1 aromatic rings. The second kappa shape index (κ2) is 6.79. The molecule has 1 aliphatic carbocycles. The number of ether oxygens (including phenoxy) is 1. The van der Waals surface area contributed by atoms with Crippen LogP contribution in [0.25, 0.3) is 0 Å². The Balaban J connectivity index is 1.79. The second-order valence-corrected chi connectivity index (χ2v) is 5.39. The maximum absolute atomic E-state index is 10.1. The number of rotatable bonds is 5. The van der Waals surface area contributed by atoms with Gasteiger partial charge >= 0.3 is 0 Å². The van der Waals surface area contributed by atoms with Crippen molar-refractivity contribution in [2.75, 3.05) is 0 Å². The molecule has 0 heterocycles. The van der Waals surface area contributed by atoms with Gasteiger partial charge in [-0.3, -0.25) is 0 Å². The molecule has 1 fully saturated rings. The number of aliphatic hydroxyl groups is 1. The molecule has 0 aliphatic heterocycles. The van der Waals surface area contributed by atoms with Crippen molar-refractivity contribution < 1.29 is 9.84 Å². The first-order valence-corrected chi connectivity index (χ1v) is 7.19. The predicted octanol–water partition coefficient (Wildman–Crippen LogP) is 3.99. The van der Waals surface area contributed by atoms with Crippen molar-refractivity contribution in [3.05, 3.63) is 30.3 Å². The molecule has 1 N–H and O–H groups in total. The van der Waals surface area contributed by atoms with E-state index in [4.69, 9.17) is 4.74 Å². The third-order valence-corrected chi connectivity index (χ3v) is 3.99. The molecule has 0 aromatic heterocycles. The summed E-state index contributed by atoms with van der Waals surface area (Å²) < 4.78 is 5.60. The summed E-state index contributed by atoms with van der Waals surface area (Å²) in [6.07, 6.45) is 6.65. The van der Waals surface area contributed by atoms with E-state index in [0.717, 1.165) is 24.5 Å². The molecule has 0 radical (unpaired) electrons. The molecule has 2 heteroatoms. The highest BCUT2D eigenvalue weighted by molar-refractivity contribution is 5.21. The van der Waals surface area contributed by atoms with Gasteiger partial charge in [-0.05, 0) is 43.7 Å². The van der Waals surface area contributed by atoms with Crippen LogP contribution in [0.2, 0.25) is 0 Å². The van der Waals surface area contributed by atoms with E-state index < -0.39 is 6.29 Å². The standard InChI is InChI=1S/C16H24O2/c1-2-6-13-9-11-14(12-10-13)16(17)18-15-7-4-3-5-8-15/h3-5,7-8,13-14,16-17H,2,6,9-12H2,1H3. The Labute approximate surface area is 110 Å². The fraction of sp³-hybridized carbons (Fsp3) is 0.625. The van der Waals surface area contributed by atoms with E-state index in [9.17, 15) is 5.11 Å². The maximum Gasteiger partial charge on any atom is 0.200 e. The number of para-hydroxylation sites is 1. The molecule has 0 spiro atoms. The van der Waals surface area contributed by atoms with Gasteiger partial charge in [0.2, 0.25) is 0 Å². The predicted molar refractivity (Wildman–Crippen MR) is 73.4 cm³/mol. The van der Waals surface area contributed by atoms with Crippen molar-refractivity contribution in [3.8, 4) is 5.75 Å². The van der Waals surface area contributed by atoms with Gasteiger partial charge in [0.25, 0.3) is 0 Å². The van der Waals surface area contributed by atoms with E-state index in [-0.39, 0.29) is 0 Å². The first-order valence-electron chi connectivity index (χ1n) is 7.19. The van der Waals surface area contributed by atoms with Gasteiger partial charge in [-0.15, -0.1) is 0 Å². The average Bonchev–Trinajstić information content (AvgIpc) is 2.41. The normalized spacial score (nSPS) is 25.7. The Morgan fingerprint density at radius 1 is 1.17 bits per heavy atom. The number of benzene rings is 1. The summed E-state index contributed by atoms with van der Waals surface area (Å²) in [5, 5.41) is 10.1. The molecule has 18 heavy (non-hydrogen) atoms. The van der Waals surface area contributed by atoms with E-state index in [2.05, 4.69) is 6.92 Å². The summed E-state index contributed by atoms with van der Waals surface area (Å²) in [7, 11) is 0. The highest BCUT2D eigenvalue weighted by Gasteiger charge is 2.27. The monoisotopic (exact) mass is 248 g/mol. The average molecular weight is 248 g/mol. The van der Waals surface area contributed by atoms with Gasteiger partial charge in [0.15, 0.2) is 6.29 Å². The molecule has 1 unspecified atom stereocenters. The van der Waals surface area contributed by atoms with Gasteiger partial charge in [0.05, 0.1) is 0 Å². The molecular formula is C16H24O2. The van der Waals surface area contributed by atoms with Crippen LogP contribution in [0, 0.1) is 11.8 Å². The van der Waals surface area contributed by atoms with Gasteiger partial charge in [-0.25, -0.2) is 0 Å². The molecule has 2 nitrogen and oxygen atoms in total. The van der Waals surface area contributed by atoms with E-state index in [1.54, 1.807) is 0 Å². The second-order valence-electron chi connectivity index (χ2n) is 5.39. The van der Waals surface area contributed by atoms with Crippen LogP contribution in [0.1, 0.15) is 45.4 Å². The Bertz CT molecular complexity index is 328. The fourth-order valence-electron chi connectivity index (χ4n) is 2.91. The molecule has 0 bridgehead atoms. The minimum Gasteiger partial charge on any atom is -0.465 e. The Hall–Kier alpha value is -1.02. The highest BCUT2D eigenvalue weighted by Crippen LogP contribution is 2.33. The summed E-state index contributed by atoms with van der Waals surface area (Å²) in [6.45, 7) is 2.25. The van der Waals surface area contributed by atoms with Crippen LogP contribution in [0.4, 0.5) is 0 Å². The van der Waals surface area contributed by atoms with Gasteiger partial charge in [-0.1, -0.05) is 38.0 Å². The molecule has 0 amide bonds. The van der Waals surface area contributed by atoms with E-state index in [1.165, 1.54) is 25.7 Å². The van der Waals surface area contributed by atoms with Crippen molar-refractivity contribution in [1.29, 1.82) is 0 Å². The van der Waals surface area contributed by atoms with E-state index >= 15 is 0 Å². The lowest BCUT2D eigenvalue weighted by molar-refractivity contribution is -0.0760. The van der Waals surface area contributed by atoms with Gasteiger partial charge in [0, 0.05) is 5.92 Å². The van der Waals surface area contributed by atoms with Crippen molar-refractivity contribution in [3.63, 3.8) is 0 Å². The molecule has 100 valence electrons. The number of aliphatic hydroxyl groups excluding tert-OH is 1. The number of hydrogen-bond donors (Lipinski definition) is 1. The molecule has 1 aliphatic rings. The minimum atomic E-state index is -0.644. The van der Waals surface area contributed by atoms with Crippen LogP contribution in [0.5, 0.6) is 5.75 Å². The molecule has 1 saturated carbocycles. The van der Waals surface area contributed by atoms with Crippen molar-refractivity contribution >= 4 is 0 Å². The third kappa shape index (κ3) is 3.74.